The summed E-state index contributed by atoms with van der Waals surface area (Å²) in [6, 6.07) is 6.10. The molecule has 21 heavy (non-hydrogen) atoms. The van der Waals surface area contributed by atoms with Gasteiger partial charge in [-0.2, -0.15) is 0 Å². The quantitative estimate of drug-likeness (QED) is 0.849. The zero-order chi connectivity index (χ0) is 15.6. The number of thiocarbonyl (C=S) groups is 1. The van der Waals surface area contributed by atoms with Crippen molar-refractivity contribution >= 4 is 28.6 Å². The van der Waals surface area contributed by atoms with Crippen LogP contribution in [-0.4, -0.2) is 17.1 Å². The van der Waals surface area contributed by atoms with Crippen molar-refractivity contribution in [1.29, 1.82) is 0 Å². The van der Waals surface area contributed by atoms with Gasteiger partial charge < -0.3 is 15.8 Å². The largest absolute Gasteiger partial charge is 0.494 e. The fraction of sp³-hybridized carbons (Fsp3) is 0.200. The number of hydrogen-bond acceptors (Lipinski definition) is 4. The van der Waals surface area contributed by atoms with Crippen LogP contribution in [0, 0.1) is 19.7 Å². The molecule has 0 fully saturated rings. The summed E-state index contributed by atoms with van der Waals surface area (Å²) in [7, 11) is 1.48. The number of anilines is 2. The minimum Gasteiger partial charge on any atom is -0.494 e. The molecule has 0 aliphatic heterocycles. The highest BCUT2D eigenvalue weighted by Crippen LogP contribution is 2.30. The molecular formula is C15H16FN3OS. The first-order chi connectivity index (χ1) is 9.92. The summed E-state index contributed by atoms with van der Waals surface area (Å²) in [5.41, 5.74) is 9.36. The third-order valence-electron chi connectivity index (χ3n) is 3.01. The summed E-state index contributed by atoms with van der Waals surface area (Å²) in [6.45, 7) is 3.72. The van der Waals surface area contributed by atoms with E-state index in [0.29, 0.717) is 17.0 Å². The molecule has 110 valence electrons. The molecule has 0 saturated carbocycles. The van der Waals surface area contributed by atoms with Gasteiger partial charge in [0.25, 0.3) is 0 Å². The molecule has 0 saturated heterocycles. The SMILES string of the molecule is COc1cc(F)ccc1Nc1cc(C)nc(C)c1C(N)=S. The number of pyridine rings is 1. The van der Waals surface area contributed by atoms with E-state index < -0.39 is 0 Å². The van der Waals surface area contributed by atoms with Crippen LogP contribution >= 0.6 is 12.2 Å². The lowest BCUT2D eigenvalue weighted by Gasteiger charge is -2.16. The Morgan fingerprint density at radius 3 is 2.62 bits per heavy atom. The van der Waals surface area contributed by atoms with Crippen LogP contribution in [0.2, 0.25) is 0 Å². The Morgan fingerprint density at radius 1 is 1.29 bits per heavy atom. The Labute approximate surface area is 128 Å². The van der Waals surface area contributed by atoms with Crippen molar-refractivity contribution in [3.63, 3.8) is 0 Å². The molecule has 0 bridgehead atoms. The highest BCUT2D eigenvalue weighted by molar-refractivity contribution is 7.80. The average molecular weight is 305 g/mol. The fourth-order valence-electron chi connectivity index (χ4n) is 2.15. The van der Waals surface area contributed by atoms with E-state index in [9.17, 15) is 4.39 Å². The number of nitrogens with two attached hydrogens (primary N) is 1. The van der Waals surface area contributed by atoms with Crippen LogP contribution < -0.4 is 15.8 Å². The predicted octanol–water partition coefficient (Wildman–Crippen LogP) is 3.22. The van der Waals surface area contributed by atoms with E-state index in [4.69, 9.17) is 22.7 Å². The van der Waals surface area contributed by atoms with Crippen molar-refractivity contribution in [2.24, 2.45) is 5.73 Å². The fourth-order valence-corrected chi connectivity index (χ4v) is 2.41. The molecule has 4 nitrogen and oxygen atoms in total. The first-order valence-electron chi connectivity index (χ1n) is 6.31. The molecule has 1 aromatic heterocycles. The smallest absolute Gasteiger partial charge is 0.145 e. The molecule has 0 radical (unpaired) electrons. The van der Waals surface area contributed by atoms with Gasteiger partial charge in [-0.25, -0.2) is 4.39 Å². The molecule has 6 heteroatoms. The third kappa shape index (κ3) is 3.28. The van der Waals surface area contributed by atoms with E-state index in [0.717, 1.165) is 17.1 Å². The van der Waals surface area contributed by atoms with Crippen LogP contribution in [0.1, 0.15) is 17.0 Å². The van der Waals surface area contributed by atoms with Crippen LogP contribution in [0.15, 0.2) is 24.3 Å². The Hall–Kier alpha value is -2.21. The molecule has 0 amide bonds. The second-order valence-electron chi connectivity index (χ2n) is 4.61. The first kappa shape index (κ1) is 15.2. The summed E-state index contributed by atoms with van der Waals surface area (Å²) < 4.78 is 18.4. The molecule has 3 N–H and O–H groups in total. The van der Waals surface area contributed by atoms with E-state index >= 15 is 0 Å². The Morgan fingerprint density at radius 2 is 2.00 bits per heavy atom. The molecule has 1 aromatic carbocycles. The normalized spacial score (nSPS) is 10.3. The Kier molecular flexibility index (Phi) is 4.37. The molecule has 0 unspecified atom stereocenters. The van der Waals surface area contributed by atoms with Gasteiger partial charge in [0.15, 0.2) is 0 Å². The molecule has 2 aromatic rings. The minimum atomic E-state index is -0.367. The summed E-state index contributed by atoms with van der Waals surface area (Å²) in [4.78, 5) is 4.61. The lowest BCUT2D eigenvalue weighted by molar-refractivity contribution is 0.413. The lowest BCUT2D eigenvalue weighted by atomic mass is 10.1. The van der Waals surface area contributed by atoms with Gasteiger partial charge in [-0.1, -0.05) is 12.2 Å². The number of hydrogen-bond donors (Lipinski definition) is 2. The van der Waals surface area contributed by atoms with Crippen LogP contribution in [0.5, 0.6) is 5.75 Å². The second kappa shape index (κ2) is 6.05. The predicted molar refractivity (Wildman–Crippen MR) is 85.8 cm³/mol. The number of aromatic nitrogens is 1. The lowest BCUT2D eigenvalue weighted by Crippen LogP contribution is -2.15. The number of ether oxygens (including phenoxy) is 1. The van der Waals surface area contributed by atoms with Gasteiger partial charge in [-0.3, -0.25) is 4.98 Å². The van der Waals surface area contributed by atoms with Gasteiger partial charge in [0.2, 0.25) is 0 Å². The summed E-state index contributed by atoms with van der Waals surface area (Å²) >= 11 is 5.09. The van der Waals surface area contributed by atoms with Gasteiger partial charge in [-0.05, 0) is 32.0 Å². The van der Waals surface area contributed by atoms with E-state index in [1.165, 1.54) is 19.2 Å². The zero-order valence-corrected chi connectivity index (χ0v) is 12.8. The maximum atomic E-state index is 13.3. The minimum absolute atomic E-state index is 0.253. The van der Waals surface area contributed by atoms with E-state index in [1.54, 1.807) is 6.07 Å². The second-order valence-corrected chi connectivity index (χ2v) is 5.05. The molecule has 0 aliphatic rings. The number of nitrogens with one attached hydrogen (secondary N) is 1. The monoisotopic (exact) mass is 305 g/mol. The maximum absolute atomic E-state index is 13.3. The van der Waals surface area contributed by atoms with Crippen LogP contribution in [0.4, 0.5) is 15.8 Å². The van der Waals surface area contributed by atoms with Crippen LogP contribution in [-0.2, 0) is 0 Å². The molecule has 1 heterocycles. The van der Waals surface area contributed by atoms with Gasteiger partial charge in [-0.15, -0.1) is 0 Å². The number of benzene rings is 1. The third-order valence-corrected chi connectivity index (χ3v) is 3.21. The van der Waals surface area contributed by atoms with Gasteiger partial charge in [0.05, 0.1) is 24.0 Å². The number of nitrogens with zero attached hydrogens (tertiary/aromatic N) is 1. The number of halogens is 1. The number of aryl methyl sites for hydroxylation is 2. The number of methoxy groups -OCH3 is 1. The van der Waals surface area contributed by atoms with E-state index in [1.807, 2.05) is 19.9 Å². The topological polar surface area (TPSA) is 60.2 Å². The Balaban J connectivity index is 2.51. The standard InChI is InChI=1S/C15H16FN3OS/c1-8-6-12(14(15(17)21)9(2)18-8)19-11-5-4-10(16)7-13(11)20-3/h4-7H,1-3H3,(H2,17,21)(H,18,19). The molecule has 2 rings (SSSR count). The van der Waals surface area contributed by atoms with Crippen molar-refractivity contribution in [1.82, 2.24) is 4.98 Å². The molecular weight excluding hydrogens is 289 g/mol. The summed E-state index contributed by atoms with van der Waals surface area (Å²) in [5, 5.41) is 3.18. The molecule has 0 atom stereocenters. The van der Waals surface area contributed by atoms with Crippen molar-refractivity contribution in [2.75, 3.05) is 12.4 Å². The van der Waals surface area contributed by atoms with Gasteiger partial charge in [0.1, 0.15) is 16.6 Å². The Bertz CT molecular complexity index is 704. The zero-order valence-electron chi connectivity index (χ0n) is 12.0. The summed E-state index contributed by atoms with van der Waals surface area (Å²) in [6.07, 6.45) is 0. The van der Waals surface area contributed by atoms with Crippen molar-refractivity contribution in [3.05, 3.63) is 47.0 Å². The van der Waals surface area contributed by atoms with Crippen molar-refractivity contribution in [3.8, 4) is 5.75 Å². The average Bonchev–Trinajstić information content (AvgIpc) is 2.39. The van der Waals surface area contributed by atoms with Crippen LogP contribution in [0.3, 0.4) is 0 Å². The van der Waals surface area contributed by atoms with Crippen molar-refractivity contribution < 1.29 is 9.13 Å². The first-order valence-corrected chi connectivity index (χ1v) is 6.71. The highest BCUT2D eigenvalue weighted by Gasteiger charge is 2.13. The number of rotatable bonds is 4. The molecule has 0 spiro atoms. The van der Waals surface area contributed by atoms with Crippen LogP contribution in [0.25, 0.3) is 0 Å². The van der Waals surface area contributed by atoms with E-state index in [-0.39, 0.29) is 10.8 Å². The maximum Gasteiger partial charge on any atom is 0.145 e. The summed E-state index contributed by atoms with van der Waals surface area (Å²) in [5.74, 6) is 0.0325. The van der Waals surface area contributed by atoms with Gasteiger partial charge in [0, 0.05) is 17.5 Å². The highest BCUT2D eigenvalue weighted by atomic mass is 32.1. The van der Waals surface area contributed by atoms with Gasteiger partial charge >= 0.3 is 0 Å². The van der Waals surface area contributed by atoms with E-state index in [2.05, 4.69) is 10.3 Å². The van der Waals surface area contributed by atoms with Crippen molar-refractivity contribution in [2.45, 2.75) is 13.8 Å². The molecule has 0 aliphatic carbocycles.